The Bertz CT molecular complexity index is 1180. The van der Waals surface area contributed by atoms with Crippen molar-refractivity contribution in [2.45, 2.75) is 13.0 Å². The van der Waals surface area contributed by atoms with Gasteiger partial charge in [-0.15, -0.1) is 0 Å². The Balaban J connectivity index is 1.49. The van der Waals surface area contributed by atoms with Crippen LogP contribution in [0.25, 0.3) is 10.8 Å². The molecule has 4 rings (SSSR count). The van der Waals surface area contributed by atoms with Gasteiger partial charge in [0.1, 0.15) is 11.5 Å². The summed E-state index contributed by atoms with van der Waals surface area (Å²) in [7, 11) is 0. The van der Waals surface area contributed by atoms with Gasteiger partial charge in [-0.2, -0.15) is 0 Å². The van der Waals surface area contributed by atoms with E-state index in [9.17, 15) is 4.79 Å². The molecule has 4 aromatic rings. The van der Waals surface area contributed by atoms with Crippen LogP contribution in [0.5, 0.6) is 17.2 Å². The van der Waals surface area contributed by atoms with Crippen molar-refractivity contribution < 1.29 is 14.3 Å². The van der Waals surface area contributed by atoms with Crippen LogP contribution in [0.3, 0.4) is 0 Å². The summed E-state index contributed by atoms with van der Waals surface area (Å²) in [6, 6.07) is 28.2. The highest BCUT2D eigenvalue weighted by molar-refractivity contribution is 6.31. The summed E-state index contributed by atoms with van der Waals surface area (Å²) in [4.78, 5) is 12.8. The van der Waals surface area contributed by atoms with Gasteiger partial charge in [0.05, 0.1) is 5.69 Å². The number of amides is 1. The molecule has 0 heterocycles. The van der Waals surface area contributed by atoms with Gasteiger partial charge in [0, 0.05) is 5.02 Å². The zero-order chi connectivity index (χ0) is 20.9. The van der Waals surface area contributed by atoms with E-state index in [4.69, 9.17) is 21.1 Å². The molecule has 4 aromatic carbocycles. The number of carbonyl (C=O) groups is 1. The highest BCUT2D eigenvalue weighted by Crippen LogP contribution is 2.32. The van der Waals surface area contributed by atoms with Crippen LogP contribution in [-0.2, 0) is 4.79 Å². The molecule has 0 saturated heterocycles. The van der Waals surface area contributed by atoms with Crippen molar-refractivity contribution in [1.82, 2.24) is 0 Å². The summed E-state index contributed by atoms with van der Waals surface area (Å²) in [6.07, 6.45) is -0.713. The van der Waals surface area contributed by atoms with Gasteiger partial charge in [-0.05, 0) is 60.2 Å². The minimum absolute atomic E-state index is 0.302. The number of ether oxygens (including phenoxy) is 2. The number of rotatable bonds is 6. The topological polar surface area (TPSA) is 47.6 Å². The first-order valence-electron chi connectivity index (χ1n) is 9.57. The minimum Gasteiger partial charge on any atom is -0.481 e. The van der Waals surface area contributed by atoms with Gasteiger partial charge < -0.3 is 14.8 Å². The van der Waals surface area contributed by atoms with Gasteiger partial charge in [-0.1, -0.05) is 60.1 Å². The maximum absolute atomic E-state index is 12.8. The number of hydrogen-bond acceptors (Lipinski definition) is 3. The zero-order valence-corrected chi connectivity index (χ0v) is 17.1. The van der Waals surface area contributed by atoms with Gasteiger partial charge in [0.2, 0.25) is 0 Å². The maximum Gasteiger partial charge on any atom is 0.265 e. The lowest BCUT2D eigenvalue weighted by atomic mass is 10.1. The monoisotopic (exact) mass is 417 g/mol. The first kappa shape index (κ1) is 19.8. The molecule has 0 unspecified atom stereocenters. The molecule has 0 aromatic heterocycles. The molecule has 1 N–H and O–H groups in total. The third-order valence-electron chi connectivity index (χ3n) is 4.57. The average molecular weight is 418 g/mol. The number of fused-ring (bicyclic) bond motifs is 1. The van der Waals surface area contributed by atoms with E-state index >= 15 is 0 Å². The molecule has 0 spiro atoms. The van der Waals surface area contributed by atoms with Crippen molar-refractivity contribution >= 4 is 34.0 Å². The molecular weight excluding hydrogens is 398 g/mol. The molecular formula is C25H20ClNO3. The molecule has 0 aliphatic carbocycles. The van der Waals surface area contributed by atoms with Gasteiger partial charge in [0.15, 0.2) is 11.9 Å². The van der Waals surface area contributed by atoms with Crippen LogP contribution in [0.1, 0.15) is 6.92 Å². The molecule has 0 radical (unpaired) electrons. The van der Waals surface area contributed by atoms with Crippen molar-refractivity contribution in [2.24, 2.45) is 0 Å². The smallest absolute Gasteiger partial charge is 0.265 e. The highest BCUT2D eigenvalue weighted by atomic mass is 35.5. The van der Waals surface area contributed by atoms with Crippen LogP contribution >= 0.6 is 11.6 Å². The van der Waals surface area contributed by atoms with E-state index in [1.165, 1.54) is 0 Å². The Kier molecular flexibility index (Phi) is 5.87. The average Bonchev–Trinajstić information content (AvgIpc) is 2.76. The van der Waals surface area contributed by atoms with Crippen LogP contribution in [0, 0.1) is 0 Å². The number of para-hydroxylation sites is 1. The van der Waals surface area contributed by atoms with E-state index < -0.39 is 6.10 Å². The van der Waals surface area contributed by atoms with Crippen molar-refractivity contribution in [1.29, 1.82) is 0 Å². The molecule has 1 atom stereocenters. The van der Waals surface area contributed by atoms with Crippen molar-refractivity contribution in [3.8, 4) is 17.2 Å². The molecule has 0 bridgehead atoms. The Hall–Kier alpha value is -3.50. The molecule has 0 fully saturated rings. The Morgan fingerprint density at radius 2 is 1.57 bits per heavy atom. The van der Waals surface area contributed by atoms with E-state index in [0.717, 1.165) is 10.8 Å². The summed E-state index contributed by atoms with van der Waals surface area (Å²) in [5, 5.41) is 5.52. The number of benzene rings is 4. The van der Waals surface area contributed by atoms with Gasteiger partial charge >= 0.3 is 0 Å². The number of carbonyl (C=O) groups excluding carboxylic acids is 1. The molecule has 1 amide bonds. The largest absolute Gasteiger partial charge is 0.481 e. The summed E-state index contributed by atoms with van der Waals surface area (Å²) in [5.74, 6) is 1.49. The fourth-order valence-corrected chi connectivity index (χ4v) is 3.21. The normalized spacial score (nSPS) is 11.7. The summed E-state index contributed by atoms with van der Waals surface area (Å²) >= 11 is 6.13. The lowest BCUT2D eigenvalue weighted by Crippen LogP contribution is -2.30. The molecule has 30 heavy (non-hydrogen) atoms. The minimum atomic E-state index is -0.713. The van der Waals surface area contributed by atoms with E-state index in [-0.39, 0.29) is 5.91 Å². The van der Waals surface area contributed by atoms with Crippen molar-refractivity contribution in [3.05, 3.63) is 96.0 Å². The van der Waals surface area contributed by atoms with Crippen molar-refractivity contribution in [2.75, 3.05) is 5.32 Å². The third-order valence-corrected chi connectivity index (χ3v) is 4.81. The maximum atomic E-state index is 12.8. The highest BCUT2D eigenvalue weighted by Gasteiger charge is 2.18. The molecule has 0 saturated carbocycles. The van der Waals surface area contributed by atoms with Gasteiger partial charge in [-0.3, -0.25) is 4.79 Å². The van der Waals surface area contributed by atoms with Crippen LogP contribution in [0.4, 0.5) is 5.69 Å². The number of nitrogens with one attached hydrogen (secondary N) is 1. The van der Waals surface area contributed by atoms with Crippen molar-refractivity contribution in [3.63, 3.8) is 0 Å². The first-order chi connectivity index (χ1) is 14.6. The molecule has 150 valence electrons. The van der Waals surface area contributed by atoms with Gasteiger partial charge in [-0.25, -0.2) is 0 Å². The Labute approximate surface area is 180 Å². The molecule has 4 nitrogen and oxygen atoms in total. The third kappa shape index (κ3) is 4.73. The predicted octanol–water partition coefficient (Wildman–Crippen LogP) is 6.69. The van der Waals surface area contributed by atoms with Crippen LogP contribution in [0.2, 0.25) is 5.02 Å². The van der Waals surface area contributed by atoms with E-state index in [0.29, 0.717) is 28.0 Å². The van der Waals surface area contributed by atoms with E-state index in [2.05, 4.69) is 5.32 Å². The summed E-state index contributed by atoms with van der Waals surface area (Å²) < 4.78 is 11.8. The molecule has 5 heteroatoms. The SMILES string of the molecule is C[C@H](Oc1ccc2ccccc2c1)C(=O)Nc1cc(Cl)ccc1Oc1ccccc1. The van der Waals surface area contributed by atoms with E-state index in [1.807, 2.05) is 72.8 Å². The van der Waals surface area contributed by atoms with Crippen LogP contribution in [-0.4, -0.2) is 12.0 Å². The standard InChI is InChI=1S/C25H20ClNO3/c1-17(29-22-13-11-18-7-5-6-8-19(18)15-22)25(28)27-23-16-20(26)12-14-24(23)30-21-9-3-2-4-10-21/h2-17H,1H3,(H,27,28)/t17-/m0/s1. The summed E-state index contributed by atoms with van der Waals surface area (Å²) in [5.41, 5.74) is 0.477. The van der Waals surface area contributed by atoms with E-state index in [1.54, 1.807) is 25.1 Å². The molecule has 0 aliphatic heterocycles. The number of hydrogen-bond donors (Lipinski definition) is 1. The quantitative estimate of drug-likeness (QED) is 0.380. The molecule has 0 aliphatic rings. The second-order valence-corrected chi connectivity index (χ2v) is 7.25. The second kappa shape index (κ2) is 8.89. The lowest BCUT2D eigenvalue weighted by molar-refractivity contribution is -0.122. The predicted molar refractivity (Wildman–Crippen MR) is 121 cm³/mol. The van der Waals surface area contributed by atoms with Crippen LogP contribution < -0.4 is 14.8 Å². The Morgan fingerprint density at radius 1 is 0.833 bits per heavy atom. The Morgan fingerprint density at radius 3 is 2.37 bits per heavy atom. The summed E-state index contributed by atoms with van der Waals surface area (Å²) in [6.45, 7) is 1.70. The fourth-order valence-electron chi connectivity index (χ4n) is 3.04. The first-order valence-corrected chi connectivity index (χ1v) is 9.95. The second-order valence-electron chi connectivity index (χ2n) is 6.81. The number of anilines is 1. The van der Waals surface area contributed by atoms with Gasteiger partial charge in [0.25, 0.3) is 5.91 Å². The number of halogens is 1. The fraction of sp³-hybridized carbons (Fsp3) is 0.0800. The lowest BCUT2D eigenvalue weighted by Gasteiger charge is -2.17. The zero-order valence-electron chi connectivity index (χ0n) is 16.3. The van der Waals surface area contributed by atoms with Crippen LogP contribution in [0.15, 0.2) is 91.0 Å².